The maximum atomic E-state index is 5.89. The summed E-state index contributed by atoms with van der Waals surface area (Å²) < 4.78 is 0. The minimum absolute atomic E-state index is 0.498. The highest BCUT2D eigenvalue weighted by Gasteiger charge is 2.20. The molecule has 0 spiro atoms. The fourth-order valence-electron chi connectivity index (χ4n) is 2.86. The summed E-state index contributed by atoms with van der Waals surface area (Å²) in [5.41, 5.74) is 5.89. The first-order chi connectivity index (χ1) is 6.84. The maximum absolute atomic E-state index is 5.89. The van der Waals surface area contributed by atoms with Crippen molar-refractivity contribution in [3.05, 3.63) is 0 Å². The molecule has 2 fully saturated rings. The standard InChI is InChI=1S/C12H24N2/c13-11-7-5-10(6-8-11)9-14-12-3-1-2-4-12/h10-12,14H,1-9,13H2. The molecule has 2 aliphatic carbocycles. The number of nitrogens with two attached hydrogens (primary N) is 1. The molecule has 0 heterocycles. The second-order valence-corrected chi connectivity index (χ2v) is 5.17. The van der Waals surface area contributed by atoms with Crippen LogP contribution in [0.25, 0.3) is 0 Å². The van der Waals surface area contributed by atoms with Gasteiger partial charge >= 0.3 is 0 Å². The van der Waals surface area contributed by atoms with Gasteiger partial charge in [0.2, 0.25) is 0 Å². The van der Waals surface area contributed by atoms with Crippen LogP contribution in [-0.4, -0.2) is 18.6 Å². The van der Waals surface area contributed by atoms with Crippen molar-refractivity contribution in [2.24, 2.45) is 11.7 Å². The third kappa shape index (κ3) is 2.96. The van der Waals surface area contributed by atoms with Crippen molar-refractivity contribution >= 4 is 0 Å². The zero-order chi connectivity index (χ0) is 9.80. The van der Waals surface area contributed by atoms with E-state index in [2.05, 4.69) is 5.32 Å². The fourth-order valence-corrected chi connectivity index (χ4v) is 2.86. The molecular formula is C12H24N2. The lowest BCUT2D eigenvalue weighted by molar-refractivity contribution is 0.303. The van der Waals surface area contributed by atoms with E-state index in [0.29, 0.717) is 6.04 Å². The Labute approximate surface area is 87.6 Å². The zero-order valence-corrected chi connectivity index (χ0v) is 9.17. The molecule has 0 aromatic carbocycles. The Morgan fingerprint density at radius 1 is 0.929 bits per heavy atom. The fraction of sp³-hybridized carbons (Fsp3) is 1.00. The average Bonchev–Trinajstić information content (AvgIpc) is 2.70. The Kier molecular flexibility index (Phi) is 3.82. The molecular weight excluding hydrogens is 172 g/mol. The summed E-state index contributed by atoms with van der Waals surface area (Å²) >= 11 is 0. The van der Waals surface area contributed by atoms with E-state index >= 15 is 0 Å². The average molecular weight is 196 g/mol. The van der Waals surface area contributed by atoms with Gasteiger partial charge < -0.3 is 11.1 Å². The van der Waals surface area contributed by atoms with Crippen LogP contribution in [0.5, 0.6) is 0 Å². The molecule has 0 unspecified atom stereocenters. The quantitative estimate of drug-likeness (QED) is 0.725. The van der Waals surface area contributed by atoms with Crippen molar-refractivity contribution in [1.29, 1.82) is 0 Å². The summed E-state index contributed by atoms with van der Waals surface area (Å²) in [6.07, 6.45) is 10.9. The molecule has 0 aromatic heterocycles. The summed E-state index contributed by atoms with van der Waals surface area (Å²) in [6.45, 7) is 1.25. The Hall–Kier alpha value is -0.0800. The van der Waals surface area contributed by atoms with Gasteiger partial charge in [-0.3, -0.25) is 0 Å². The van der Waals surface area contributed by atoms with E-state index in [1.165, 1.54) is 57.9 Å². The highest BCUT2D eigenvalue weighted by atomic mass is 14.9. The second kappa shape index (κ2) is 5.13. The minimum Gasteiger partial charge on any atom is -0.328 e. The molecule has 82 valence electrons. The lowest BCUT2D eigenvalue weighted by Gasteiger charge is -2.27. The minimum atomic E-state index is 0.498. The number of hydrogen-bond acceptors (Lipinski definition) is 2. The molecule has 14 heavy (non-hydrogen) atoms. The van der Waals surface area contributed by atoms with Crippen molar-refractivity contribution < 1.29 is 0 Å². The number of nitrogens with one attached hydrogen (secondary N) is 1. The van der Waals surface area contributed by atoms with Crippen LogP contribution >= 0.6 is 0 Å². The Morgan fingerprint density at radius 3 is 2.21 bits per heavy atom. The normalized spacial score (nSPS) is 34.9. The van der Waals surface area contributed by atoms with E-state index in [1.807, 2.05) is 0 Å². The molecule has 2 aliphatic rings. The van der Waals surface area contributed by atoms with Crippen LogP contribution in [0.4, 0.5) is 0 Å². The van der Waals surface area contributed by atoms with Crippen LogP contribution in [0.2, 0.25) is 0 Å². The highest BCUT2D eigenvalue weighted by molar-refractivity contribution is 4.79. The van der Waals surface area contributed by atoms with Crippen LogP contribution in [0.15, 0.2) is 0 Å². The molecule has 0 radical (unpaired) electrons. The molecule has 3 N–H and O–H groups in total. The second-order valence-electron chi connectivity index (χ2n) is 5.17. The zero-order valence-electron chi connectivity index (χ0n) is 9.17. The maximum Gasteiger partial charge on any atom is 0.00671 e. The lowest BCUT2D eigenvalue weighted by Crippen LogP contribution is -2.35. The molecule has 0 atom stereocenters. The smallest absolute Gasteiger partial charge is 0.00671 e. The van der Waals surface area contributed by atoms with Crippen molar-refractivity contribution in [2.75, 3.05) is 6.54 Å². The molecule has 2 saturated carbocycles. The number of hydrogen-bond donors (Lipinski definition) is 2. The SMILES string of the molecule is NC1CCC(CNC2CCCC2)CC1. The van der Waals surface area contributed by atoms with Gasteiger partial charge in [-0.15, -0.1) is 0 Å². The predicted molar refractivity (Wildman–Crippen MR) is 60.2 cm³/mol. The van der Waals surface area contributed by atoms with Gasteiger partial charge in [0, 0.05) is 12.1 Å². The third-order valence-electron chi connectivity index (χ3n) is 3.94. The van der Waals surface area contributed by atoms with Crippen LogP contribution in [0, 0.1) is 5.92 Å². The van der Waals surface area contributed by atoms with Gasteiger partial charge in [-0.25, -0.2) is 0 Å². The van der Waals surface area contributed by atoms with Crippen molar-refractivity contribution in [1.82, 2.24) is 5.32 Å². The first-order valence-corrected chi connectivity index (χ1v) is 6.33. The van der Waals surface area contributed by atoms with Gasteiger partial charge in [0.1, 0.15) is 0 Å². The largest absolute Gasteiger partial charge is 0.328 e. The molecule has 2 heteroatoms. The molecule has 2 rings (SSSR count). The number of rotatable bonds is 3. The van der Waals surface area contributed by atoms with E-state index < -0.39 is 0 Å². The Morgan fingerprint density at radius 2 is 1.57 bits per heavy atom. The van der Waals surface area contributed by atoms with E-state index in [1.54, 1.807) is 0 Å². The predicted octanol–water partition coefficient (Wildman–Crippen LogP) is 2.04. The van der Waals surface area contributed by atoms with Crippen molar-refractivity contribution in [3.63, 3.8) is 0 Å². The molecule has 0 aliphatic heterocycles. The molecule has 0 bridgehead atoms. The summed E-state index contributed by atoms with van der Waals surface area (Å²) in [5.74, 6) is 0.912. The Bertz CT molecular complexity index is 156. The first kappa shape index (κ1) is 10.4. The molecule has 0 saturated heterocycles. The first-order valence-electron chi connectivity index (χ1n) is 6.33. The molecule has 0 amide bonds. The molecule has 2 nitrogen and oxygen atoms in total. The van der Waals surface area contributed by atoms with Gasteiger partial charge in [0.15, 0.2) is 0 Å². The monoisotopic (exact) mass is 196 g/mol. The van der Waals surface area contributed by atoms with Gasteiger partial charge in [-0.2, -0.15) is 0 Å². The van der Waals surface area contributed by atoms with E-state index in [4.69, 9.17) is 5.73 Å². The van der Waals surface area contributed by atoms with E-state index in [0.717, 1.165) is 12.0 Å². The summed E-state index contributed by atoms with van der Waals surface area (Å²) in [5, 5.41) is 3.73. The van der Waals surface area contributed by atoms with Gasteiger partial charge in [-0.1, -0.05) is 12.8 Å². The van der Waals surface area contributed by atoms with Gasteiger partial charge in [-0.05, 0) is 51.0 Å². The topological polar surface area (TPSA) is 38.0 Å². The summed E-state index contributed by atoms with van der Waals surface area (Å²) in [6, 6.07) is 1.34. The summed E-state index contributed by atoms with van der Waals surface area (Å²) in [7, 11) is 0. The summed E-state index contributed by atoms with van der Waals surface area (Å²) in [4.78, 5) is 0. The van der Waals surface area contributed by atoms with Crippen LogP contribution in [0.1, 0.15) is 51.4 Å². The van der Waals surface area contributed by atoms with Crippen LogP contribution in [0.3, 0.4) is 0 Å². The van der Waals surface area contributed by atoms with Gasteiger partial charge in [0.25, 0.3) is 0 Å². The van der Waals surface area contributed by atoms with Gasteiger partial charge in [0.05, 0.1) is 0 Å². The van der Waals surface area contributed by atoms with E-state index in [9.17, 15) is 0 Å². The lowest BCUT2D eigenvalue weighted by atomic mass is 9.86. The van der Waals surface area contributed by atoms with Crippen LogP contribution < -0.4 is 11.1 Å². The third-order valence-corrected chi connectivity index (χ3v) is 3.94. The van der Waals surface area contributed by atoms with Crippen LogP contribution in [-0.2, 0) is 0 Å². The van der Waals surface area contributed by atoms with Crippen molar-refractivity contribution in [3.8, 4) is 0 Å². The Balaban J connectivity index is 1.60. The molecule has 0 aromatic rings. The van der Waals surface area contributed by atoms with E-state index in [-0.39, 0.29) is 0 Å². The highest BCUT2D eigenvalue weighted by Crippen LogP contribution is 2.24. The van der Waals surface area contributed by atoms with Crippen molar-refractivity contribution in [2.45, 2.75) is 63.5 Å².